The van der Waals surface area contributed by atoms with Gasteiger partial charge in [0.1, 0.15) is 5.75 Å². The minimum atomic E-state index is -3.60. The fourth-order valence-electron chi connectivity index (χ4n) is 2.41. The Morgan fingerprint density at radius 3 is 2.27 bits per heavy atom. The van der Waals surface area contributed by atoms with Crippen LogP contribution in [0, 0.1) is 0 Å². The third-order valence-corrected chi connectivity index (χ3v) is 6.45. The molecule has 0 radical (unpaired) electrons. The molecule has 1 aliphatic heterocycles. The Hall–Kier alpha value is -1.64. The Morgan fingerprint density at radius 1 is 1.00 bits per heavy atom. The first-order valence-electron chi connectivity index (χ1n) is 7.73. The number of benzene rings is 2. The molecule has 1 aliphatic rings. The molecular weight excluding hydrogens is 401 g/mol. The van der Waals surface area contributed by atoms with Crippen LogP contribution in [-0.2, 0) is 14.8 Å². The van der Waals surface area contributed by atoms with Crippen LogP contribution in [0.5, 0.6) is 5.75 Å². The molecule has 0 bridgehead atoms. The van der Waals surface area contributed by atoms with Crippen molar-refractivity contribution in [2.75, 3.05) is 26.3 Å². The zero-order valence-electron chi connectivity index (χ0n) is 13.5. The SMILES string of the molecule is O=C(Oc1ccc(Cl)c(Cl)c1)c1ccc(S(=O)(=O)N2CCOCC2)cc1. The van der Waals surface area contributed by atoms with Crippen molar-refractivity contribution in [3.05, 3.63) is 58.1 Å². The van der Waals surface area contributed by atoms with E-state index in [0.29, 0.717) is 31.3 Å². The van der Waals surface area contributed by atoms with Crippen molar-refractivity contribution >= 4 is 39.2 Å². The van der Waals surface area contributed by atoms with Crippen LogP contribution >= 0.6 is 23.2 Å². The van der Waals surface area contributed by atoms with Crippen LogP contribution in [0.15, 0.2) is 47.4 Å². The van der Waals surface area contributed by atoms with Gasteiger partial charge in [-0.1, -0.05) is 23.2 Å². The highest BCUT2D eigenvalue weighted by Crippen LogP contribution is 2.27. The van der Waals surface area contributed by atoms with Gasteiger partial charge in [-0.15, -0.1) is 0 Å². The fourth-order valence-corrected chi connectivity index (χ4v) is 4.10. The lowest BCUT2D eigenvalue weighted by atomic mass is 10.2. The molecule has 0 aromatic heterocycles. The van der Waals surface area contributed by atoms with Gasteiger partial charge < -0.3 is 9.47 Å². The van der Waals surface area contributed by atoms with Crippen molar-refractivity contribution in [1.82, 2.24) is 4.31 Å². The molecule has 138 valence electrons. The zero-order chi connectivity index (χ0) is 18.7. The summed E-state index contributed by atoms with van der Waals surface area (Å²) in [4.78, 5) is 12.3. The molecule has 0 amide bonds. The van der Waals surface area contributed by atoms with Crippen molar-refractivity contribution in [2.24, 2.45) is 0 Å². The minimum Gasteiger partial charge on any atom is -0.423 e. The van der Waals surface area contributed by atoms with E-state index in [0.717, 1.165) is 0 Å². The average molecular weight is 416 g/mol. The highest BCUT2D eigenvalue weighted by molar-refractivity contribution is 7.89. The number of sulfonamides is 1. The standard InChI is InChI=1S/C17H15Cl2NO5S/c18-15-6-3-13(11-16(15)19)25-17(21)12-1-4-14(5-2-12)26(22,23)20-7-9-24-10-8-20/h1-6,11H,7-10H2. The molecule has 2 aromatic carbocycles. The Bertz CT molecular complexity index is 909. The predicted octanol–water partition coefficient (Wildman–Crippen LogP) is 3.23. The monoisotopic (exact) mass is 415 g/mol. The predicted molar refractivity (Wildman–Crippen MR) is 97.4 cm³/mol. The second-order valence-electron chi connectivity index (χ2n) is 5.51. The molecule has 3 rings (SSSR count). The normalized spacial score (nSPS) is 15.6. The summed E-state index contributed by atoms with van der Waals surface area (Å²) in [5.74, 6) is -0.381. The summed E-state index contributed by atoms with van der Waals surface area (Å²) < 4.78 is 36.9. The van der Waals surface area contributed by atoms with Crippen LogP contribution in [0.4, 0.5) is 0 Å². The van der Waals surface area contributed by atoms with E-state index in [1.54, 1.807) is 0 Å². The van der Waals surface area contributed by atoms with E-state index < -0.39 is 16.0 Å². The first-order chi connectivity index (χ1) is 12.4. The van der Waals surface area contributed by atoms with Gasteiger partial charge in [0.2, 0.25) is 10.0 Å². The number of nitrogens with zero attached hydrogens (tertiary/aromatic N) is 1. The smallest absolute Gasteiger partial charge is 0.343 e. The second-order valence-corrected chi connectivity index (χ2v) is 8.26. The number of hydrogen-bond acceptors (Lipinski definition) is 5. The number of ether oxygens (including phenoxy) is 2. The first kappa shape index (κ1) is 19.1. The second kappa shape index (κ2) is 7.94. The van der Waals surface area contributed by atoms with E-state index in [-0.39, 0.29) is 21.2 Å². The maximum absolute atomic E-state index is 12.6. The summed E-state index contributed by atoms with van der Waals surface area (Å²) in [6, 6.07) is 10.1. The van der Waals surface area contributed by atoms with E-state index in [2.05, 4.69) is 0 Å². The number of carbonyl (C=O) groups excluding carboxylic acids is 1. The molecule has 0 atom stereocenters. The van der Waals surface area contributed by atoms with Crippen molar-refractivity contribution < 1.29 is 22.7 Å². The summed E-state index contributed by atoms with van der Waals surface area (Å²) >= 11 is 11.7. The van der Waals surface area contributed by atoms with Crippen LogP contribution in [0.2, 0.25) is 10.0 Å². The van der Waals surface area contributed by atoms with Crippen LogP contribution in [0.1, 0.15) is 10.4 Å². The van der Waals surface area contributed by atoms with Gasteiger partial charge in [0.15, 0.2) is 0 Å². The number of hydrogen-bond donors (Lipinski definition) is 0. The lowest BCUT2D eigenvalue weighted by Crippen LogP contribution is -2.40. The van der Waals surface area contributed by atoms with E-state index in [4.69, 9.17) is 32.7 Å². The zero-order valence-corrected chi connectivity index (χ0v) is 15.9. The van der Waals surface area contributed by atoms with Gasteiger partial charge in [-0.25, -0.2) is 13.2 Å². The lowest BCUT2D eigenvalue weighted by Gasteiger charge is -2.26. The molecule has 0 aliphatic carbocycles. The van der Waals surface area contributed by atoms with Gasteiger partial charge in [0, 0.05) is 19.2 Å². The molecule has 26 heavy (non-hydrogen) atoms. The number of carbonyl (C=O) groups is 1. The molecule has 0 saturated carbocycles. The molecule has 1 heterocycles. The first-order valence-corrected chi connectivity index (χ1v) is 9.93. The number of esters is 1. The Balaban J connectivity index is 1.74. The summed E-state index contributed by atoms with van der Waals surface area (Å²) in [5.41, 5.74) is 0.219. The van der Waals surface area contributed by atoms with Gasteiger partial charge in [0.05, 0.1) is 33.7 Å². The van der Waals surface area contributed by atoms with Gasteiger partial charge in [0.25, 0.3) is 0 Å². The third kappa shape index (κ3) is 4.19. The number of morpholine rings is 1. The molecule has 1 fully saturated rings. The van der Waals surface area contributed by atoms with Crippen LogP contribution in [-0.4, -0.2) is 45.0 Å². The Kier molecular flexibility index (Phi) is 5.84. The Labute approximate surface area is 161 Å². The molecule has 0 unspecified atom stereocenters. The molecule has 9 heteroatoms. The highest BCUT2D eigenvalue weighted by Gasteiger charge is 2.26. The highest BCUT2D eigenvalue weighted by atomic mass is 35.5. The van der Waals surface area contributed by atoms with Crippen LogP contribution < -0.4 is 4.74 Å². The van der Waals surface area contributed by atoms with Gasteiger partial charge in [-0.05, 0) is 36.4 Å². The fraction of sp³-hybridized carbons (Fsp3) is 0.235. The molecule has 2 aromatic rings. The van der Waals surface area contributed by atoms with E-state index >= 15 is 0 Å². The van der Waals surface area contributed by atoms with Crippen molar-refractivity contribution in [2.45, 2.75) is 4.90 Å². The molecule has 0 spiro atoms. The third-order valence-electron chi connectivity index (χ3n) is 3.80. The maximum atomic E-state index is 12.6. The van der Waals surface area contributed by atoms with Crippen molar-refractivity contribution in [3.8, 4) is 5.75 Å². The maximum Gasteiger partial charge on any atom is 0.343 e. The van der Waals surface area contributed by atoms with Crippen molar-refractivity contribution in [1.29, 1.82) is 0 Å². The molecule has 1 saturated heterocycles. The number of rotatable bonds is 4. The summed E-state index contributed by atoms with van der Waals surface area (Å²) in [7, 11) is -3.60. The van der Waals surface area contributed by atoms with Crippen LogP contribution in [0.3, 0.4) is 0 Å². The minimum absolute atomic E-state index is 0.116. The summed E-state index contributed by atoms with van der Waals surface area (Å²) in [6.07, 6.45) is 0. The van der Waals surface area contributed by atoms with E-state index in [1.807, 2.05) is 0 Å². The average Bonchev–Trinajstić information content (AvgIpc) is 2.65. The number of halogens is 2. The Morgan fingerprint density at radius 2 is 1.65 bits per heavy atom. The lowest BCUT2D eigenvalue weighted by molar-refractivity contribution is 0.0730. The quantitative estimate of drug-likeness (QED) is 0.565. The molecular formula is C17H15Cl2NO5S. The van der Waals surface area contributed by atoms with Crippen molar-refractivity contribution in [3.63, 3.8) is 0 Å². The summed E-state index contributed by atoms with van der Waals surface area (Å²) in [5, 5.41) is 0.619. The van der Waals surface area contributed by atoms with Gasteiger partial charge >= 0.3 is 5.97 Å². The molecule has 6 nitrogen and oxygen atoms in total. The van der Waals surface area contributed by atoms with Gasteiger partial charge in [-0.3, -0.25) is 0 Å². The summed E-state index contributed by atoms with van der Waals surface area (Å²) in [6.45, 7) is 1.35. The van der Waals surface area contributed by atoms with Gasteiger partial charge in [-0.2, -0.15) is 4.31 Å². The van der Waals surface area contributed by atoms with E-state index in [1.165, 1.54) is 46.8 Å². The van der Waals surface area contributed by atoms with Crippen LogP contribution in [0.25, 0.3) is 0 Å². The topological polar surface area (TPSA) is 72.9 Å². The molecule has 0 N–H and O–H groups in total. The largest absolute Gasteiger partial charge is 0.423 e. The van der Waals surface area contributed by atoms with E-state index in [9.17, 15) is 13.2 Å².